The highest BCUT2D eigenvalue weighted by molar-refractivity contribution is 7.89. The molecule has 1 amide bonds. The number of ketones is 1. The van der Waals surface area contributed by atoms with E-state index in [2.05, 4.69) is 0 Å². The van der Waals surface area contributed by atoms with Gasteiger partial charge in [0.1, 0.15) is 12.6 Å². The Morgan fingerprint density at radius 3 is 2.35 bits per heavy atom. The molecule has 1 aliphatic heterocycles. The summed E-state index contributed by atoms with van der Waals surface area (Å²) in [6, 6.07) is 4.65. The van der Waals surface area contributed by atoms with Crippen molar-refractivity contribution in [2.24, 2.45) is 0 Å². The van der Waals surface area contributed by atoms with Crippen molar-refractivity contribution in [3.05, 3.63) is 29.8 Å². The zero-order chi connectivity index (χ0) is 19.5. The molecular weight excluding hydrogens is 360 g/mol. The van der Waals surface area contributed by atoms with E-state index in [9.17, 15) is 22.8 Å². The number of nitrogens with zero attached hydrogens (tertiary/aromatic N) is 2. The summed E-state index contributed by atoms with van der Waals surface area (Å²) < 4.78 is 27.1. The average Bonchev–Trinajstić information content (AvgIpc) is 2.60. The number of aliphatic carboxylic acids is 1. The van der Waals surface area contributed by atoms with Crippen molar-refractivity contribution < 1.29 is 27.9 Å². The lowest BCUT2D eigenvalue weighted by Gasteiger charge is -2.35. The molecule has 9 heteroatoms. The highest BCUT2D eigenvalue weighted by Gasteiger charge is 2.39. The second-order valence-corrected chi connectivity index (χ2v) is 8.19. The number of carboxylic acids is 1. The monoisotopic (exact) mass is 382 g/mol. The first kappa shape index (κ1) is 20.1. The lowest BCUT2D eigenvalue weighted by atomic mass is 10.0. The van der Waals surface area contributed by atoms with Gasteiger partial charge in [0.2, 0.25) is 15.9 Å². The fourth-order valence-corrected chi connectivity index (χ4v) is 4.62. The van der Waals surface area contributed by atoms with Crippen LogP contribution in [0.5, 0.6) is 0 Å². The maximum atomic E-state index is 13.0. The Kier molecular flexibility index (Phi) is 6.14. The van der Waals surface area contributed by atoms with Crippen LogP contribution in [0.1, 0.15) is 36.5 Å². The Balaban J connectivity index is 2.31. The van der Waals surface area contributed by atoms with Crippen molar-refractivity contribution in [1.82, 2.24) is 9.21 Å². The first-order valence-corrected chi connectivity index (χ1v) is 9.68. The number of carbonyl (C=O) groups excluding carboxylic acids is 2. The number of carbonyl (C=O) groups is 3. The summed E-state index contributed by atoms with van der Waals surface area (Å²) in [7, 11) is -2.59. The molecule has 142 valence electrons. The second kappa shape index (κ2) is 7.96. The van der Waals surface area contributed by atoms with Crippen LogP contribution in [0.2, 0.25) is 0 Å². The fourth-order valence-electron chi connectivity index (χ4n) is 2.97. The van der Waals surface area contributed by atoms with Gasteiger partial charge < -0.3 is 10.0 Å². The summed E-state index contributed by atoms with van der Waals surface area (Å²) >= 11 is 0. The van der Waals surface area contributed by atoms with E-state index in [1.165, 1.54) is 38.2 Å². The molecule has 1 aromatic carbocycles. The van der Waals surface area contributed by atoms with Crippen molar-refractivity contribution in [3.63, 3.8) is 0 Å². The van der Waals surface area contributed by atoms with Crippen LogP contribution in [-0.2, 0) is 19.6 Å². The van der Waals surface area contributed by atoms with Gasteiger partial charge in [0.25, 0.3) is 0 Å². The SMILES string of the molecule is CC(=O)c1ccc(S(=O)(=O)N2CCCCC2C(=O)N(C)CC(=O)O)cc1. The van der Waals surface area contributed by atoms with Gasteiger partial charge in [0.15, 0.2) is 5.78 Å². The zero-order valence-electron chi connectivity index (χ0n) is 14.7. The lowest BCUT2D eigenvalue weighted by molar-refractivity contribution is -0.145. The van der Waals surface area contributed by atoms with Crippen molar-refractivity contribution in [1.29, 1.82) is 0 Å². The van der Waals surface area contributed by atoms with E-state index >= 15 is 0 Å². The van der Waals surface area contributed by atoms with Crippen LogP contribution in [0.25, 0.3) is 0 Å². The topological polar surface area (TPSA) is 112 Å². The highest BCUT2D eigenvalue weighted by atomic mass is 32.2. The molecule has 26 heavy (non-hydrogen) atoms. The lowest BCUT2D eigenvalue weighted by Crippen LogP contribution is -2.52. The van der Waals surface area contributed by atoms with Crippen LogP contribution in [-0.4, -0.2) is 66.6 Å². The van der Waals surface area contributed by atoms with Gasteiger partial charge >= 0.3 is 5.97 Å². The predicted molar refractivity (Wildman–Crippen MR) is 93.3 cm³/mol. The molecular formula is C17H22N2O6S. The molecule has 1 heterocycles. The minimum Gasteiger partial charge on any atom is -0.480 e. The van der Waals surface area contributed by atoms with Gasteiger partial charge in [-0.3, -0.25) is 14.4 Å². The third kappa shape index (κ3) is 4.28. The van der Waals surface area contributed by atoms with Crippen LogP contribution in [0, 0.1) is 0 Å². The van der Waals surface area contributed by atoms with Gasteiger partial charge in [-0.2, -0.15) is 4.31 Å². The Bertz CT molecular complexity index is 803. The number of piperidine rings is 1. The maximum Gasteiger partial charge on any atom is 0.323 e. The number of benzene rings is 1. The number of hydrogen-bond donors (Lipinski definition) is 1. The van der Waals surface area contributed by atoms with E-state index in [1.807, 2.05) is 0 Å². The molecule has 0 radical (unpaired) electrons. The fraction of sp³-hybridized carbons (Fsp3) is 0.471. The average molecular weight is 382 g/mol. The molecule has 1 atom stereocenters. The number of Topliss-reactive ketones (excluding diaryl/α,β-unsaturated/α-hetero) is 1. The standard InChI is InChI=1S/C17H22N2O6S/c1-12(20)13-6-8-14(9-7-13)26(24,25)19-10-4-3-5-15(19)17(23)18(2)11-16(21)22/h6-9,15H,3-5,10-11H2,1-2H3,(H,21,22). The number of sulfonamides is 1. The first-order valence-electron chi connectivity index (χ1n) is 8.24. The van der Waals surface area contributed by atoms with Gasteiger partial charge in [-0.15, -0.1) is 0 Å². The van der Waals surface area contributed by atoms with Gasteiger partial charge in [-0.25, -0.2) is 8.42 Å². The van der Waals surface area contributed by atoms with Crippen molar-refractivity contribution >= 4 is 27.7 Å². The Hall–Kier alpha value is -2.26. The summed E-state index contributed by atoms with van der Waals surface area (Å²) in [6.45, 7) is 1.09. The summed E-state index contributed by atoms with van der Waals surface area (Å²) in [4.78, 5) is 35.8. The first-order chi connectivity index (χ1) is 12.1. The molecule has 1 saturated heterocycles. The van der Waals surface area contributed by atoms with E-state index in [4.69, 9.17) is 5.11 Å². The quantitative estimate of drug-likeness (QED) is 0.734. The van der Waals surface area contributed by atoms with Crippen molar-refractivity contribution in [2.75, 3.05) is 20.1 Å². The third-order valence-corrected chi connectivity index (χ3v) is 6.28. The molecule has 2 rings (SSSR count). The number of likely N-dealkylation sites (N-methyl/N-ethyl adjacent to an activating group) is 1. The smallest absolute Gasteiger partial charge is 0.323 e. The molecule has 1 fully saturated rings. The van der Waals surface area contributed by atoms with Gasteiger partial charge in [0, 0.05) is 19.2 Å². The van der Waals surface area contributed by atoms with Crippen LogP contribution in [0.15, 0.2) is 29.2 Å². The summed E-state index contributed by atoms with van der Waals surface area (Å²) in [6.07, 6.45) is 1.65. The predicted octanol–water partition coefficient (Wildman–Crippen LogP) is 0.975. The molecule has 8 nitrogen and oxygen atoms in total. The Morgan fingerprint density at radius 1 is 1.19 bits per heavy atom. The third-order valence-electron chi connectivity index (χ3n) is 4.35. The number of hydrogen-bond acceptors (Lipinski definition) is 5. The normalized spacial score (nSPS) is 18.3. The number of amides is 1. The summed E-state index contributed by atoms with van der Waals surface area (Å²) in [5.41, 5.74) is 0.399. The molecule has 0 bridgehead atoms. The van der Waals surface area contributed by atoms with E-state index in [-0.39, 0.29) is 17.2 Å². The largest absolute Gasteiger partial charge is 0.480 e. The van der Waals surface area contributed by atoms with Gasteiger partial charge in [0.05, 0.1) is 4.90 Å². The van der Waals surface area contributed by atoms with Crippen LogP contribution >= 0.6 is 0 Å². The molecule has 1 unspecified atom stereocenters. The van der Waals surface area contributed by atoms with E-state index < -0.39 is 34.5 Å². The molecule has 0 aliphatic carbocycles. The van der Waals surface area contributed by atoms with Gasteiger partial charge in [-0.1, -0.05) is 18.6 Å². The summed E-state index contributed by atoms with van der Waals surface area (Å²) in [5, 5.41) is 8.85. The van der Waals surface area contributed by atoms with E-state index in [0.717, 1.165) is 9.21 Å². The summed E-state index contributed by atoms with van der Waals surface area (Å²) in [5.74, 6) is -1.86. The molecule has 1 N–H and O–H groups in total. The van der Waals surface area contributed by atoms with E-state index in [1.54, 1.807) is 0 Å². The Labute approximate surface area is 152 Å². The molecule has 0 spiro atoms. The molecule has 0 aromatic heterocycles. The minimum atomic E-state index is -3.93. The second-order valence-electron chi connectivity index (χ2n) is 6.30. The molecule has 1 aliphatic rings. The zero-order valence-corrected chi connectivity index (χ0v) is 15.5. The van der Waals surface area contributed by atoms with Crippen molar-refractivity contribution in [2.45, 2.75) is 37.1 Å². The molecule has 1 aromatic rings. The highest BCUT2D eigenvalue weighted by Crippen LogP contribution is 2.26. The minimum absolute atomic E-state index is 0.00286. The number of carboxylic acid groups (broad SMARTS) is 1. The van der Waals surface area contributed by atoms with Crippen LogP contribution < -0.4 is 0 Å². The van der Waals surface area contributed by atoms with Gasteiger partial charge in [-0.05, 0) is 31.9 Å². The van der Waals surface area contributed by atoms with Crippen LogP contribution in [0.4, 0.5) is 0 Å². The molecule has 0 saturated carbocycles. The number of rotatable bonds is 6. The Morgan fingerprint density at radius 2 is 1.81 bits per heavy atom. The van der Waals surface area contributed by atoms with Crippen molar-refractivity contribution in [3.8, 4) is 0 Å². The maximum absolute atomic E-state index is 13.0. The van der Waals surface area contributed by atoms with Crippen LogP contribution in [0.3, 0.4) is 0 Å². The van der Waals surface area contributed by atoms with E-state index in [0.29, 0.717) is 24.8 Å².